The molecular weight excluding hydrogens is 572 g/mol. The number of rotatable bonds is 12. The average molecular weight is 617 g/mol. The first-order valence-electron chi connectivity index (χ1n) is 15.4. The zero-order valence-electron chi connectivity index (χ0n) is 27.6. The van der Waals surface area contributed by atoms with Crippen LogP contribution in [0.25, 0.3) is 12.2 Å². The minimum Gasteiger partial charge on any atom is -0.469 e. The van der Waals surface area contributed by atoms with Crippen LogP contribution in [-0.2, 0) is 47.9 Å². The van der Waals surface area contributed by atoms with E-state index < -0.39 is 0 Å². The van der Waals surface area contributed by atoms with Crippen LogP contribution in [0.5, 0.6) is 0 Å². The number of carbonyl (C=O) groups excluding carboxylic acids is 4. The summed E-state index contributed by atoms with van der Waals surface area (Å²) in [7, 11) is 2.76. The quantitative estimate of drug-likeness (QED) is 0.243. The van der Waals surface area contributed by atoms with E-state index in [1.54, 1.807) is 0 Å². The van der Waals surface area contributed by atoms with Crippen molar-refractivity contribution in [1.29, 1.82) is 0 Å². The largest absolute Gasteiger partial charge is 0.469 e. The number of ether oxygens (including phenoxy) is 2. The Morgan fingerprint density at radius 1 is 0.667 bits per heavy atom. The maximum absolute atomic E-state index is 12.4. The predicted molar refractivity (Wildman–Crippen MR) is 173 cm³/mol. The van der Waals surface area contributed by atoms with E-state index >= 15 is 0 Å². The minimum atomic E-state index is -0.298. The number of methoxy groups -OCH3 is 2. The van der Waals surface area contributed by atoms with Gasteiger partial charge in [0.1, 0.15) is 0 Å². The molecule has 0 bridgehead atoms. The fraction of sp³-hybridized carbons (Fsp3) is 0.429. The standard InChI is InChI=1S/C35H44N4O6/c1-9-22-20(5)34(42)38-28(22)15-26-18(3)24(11-13-32(40)44-7)30(36-26)17-31-25(12-14-33(41)45-8)19(4)27(37-31)16-29-23(10-2)21(6)35(43)39-29/h15-16,36-37H,9-14,17H2,1-8H3,(H,38,42)(H,39,43)/b28-15-,29-16-. The molecule has 0 saturated heterocycles. The van der Waals surface area contributed by atoms with Gasteiger partial charge in [0.2, 0.25) is 0 Å². The van der Waals surface area contributed by atoms with Crippen LogP contribution in [0.15, 0.2) is 33.7 Å². The van der Waals surface area contributed by atoms with Crippen LogP contribution in [0.1, 0.15) is 98.4 Å². The third kappa shape index (κ3) is 6.90. The SMILES string of the molecule is CCC1=C(C)C(=O)N/C1=C\c1[nH]c(Cc2[nH]c(/C=C3\NC(=O)C(C)=C3CC)c(C)c2CCC(=O)OC)c(CCC(=O)OC)c1C. The van der Waals surface area contributed by atoms with Crippen molar-refractivity contribution in [3.05, 3.63) is 78.7 Å². The number of nitrogens with one attached hydrogen (secondary N) is 4. The summed E-state index contributed by atoms with van der Waals surface area (Å²) in [5, 5.41) is 5.97. The van der Waals surface area contributed by atoms with Crippen molar-refractivity contribution in [1.82, 2.24) is 20.6 Å². The lowest BCUT2D eigenvalue weighted by atomic mass is 9.98. The molecule has 240 valence electrons. The fourth-order valence-corrected chi connectivity index (χ4v) is 6.25. The van der Waals surface area contributed by atoms with E-state index in [2.05, 4.69) is 20.6 Å². The topological polar surface area (TPSA) is 142 Å². The van der Waals surface area contributed by atoms with Crippen molar-refractivity contribution in [2.75, 3.05) is 14.2 Å². The second-order valence-electron chi connectivity index (χ2n) is 11.5. The number of allylic oxidation sites excluding steroid dienone is 2. The molecule has 10 heteroatoms. The number of H-pyrrole nitrogens is 2. The molecular formula is C35H44N4O6. The Bertz CT molecular complexity index is 1550. The van der Waals surface area contributed by atoms with Crippen LogP contribution in [0.4, 0.5) is 0 Å². The van der Waals surface area contributed by atoms with Crippen molar-refractivity contribution >= 4 is 35.9 Å². The Kier molecular flexibility index (Phi) is 10.4. The van der Waals surface area contributed by atoms with Crippen LogP contribution in [0.3, 0.4) is 0 Å². The molecule has 0 atom stereocenters. The molecule has 45 heavy (non-hydrogen) atoms. The molecule has 4 rings (SSSR count). The van der Waals surface area contributed by atoms with Gasteiger partial charge in [0.15, 0.2) is 0 Å². The summed E-state index contributed by atoms with van der Waals surface area (Å²) in [6, 6.07) is 0. The summed E-state index contributed by atoms with van der Waals surface area (Å²) in [5.41, 5.74) is 12.4. The fourth-order valence-electron chi connectivity index (χ4n) is 6.25. The van der Waals surface area contributed by atoms with Crippen LogP contribution in [0, 0.1) is 13.8 Å². The maximum Gasteiger partial charge on any atom is 0.305 e. The molecule has 2 aliphatic heterocycles. The molecule has 0 fully saturated rings. The lowest BCUT2D eigenvalue weighted by Gasteiger charge is -2.08. The van der Waals surface area contributed by atoms with Crippen molar-refractivity contribution in [2.24, 2.45) is 0 Å². The Morgan fingerprint density at radius 3 is 1.38 bits per heavy atom. The molecule has 2 aliphatic rings. The lowest BCUT2D eigenvalue weighted by Crippen LogP contribution is -2.15. The molecule has 4 heterocycles. The molecule has 10 nitrogen and oxygen atoms in total. The summed E-state index contributed by atoms with van der Waals surface area (Å²) in [6.45, 7) is 11.7. The second-order valence-corrected chi connectivity index (χ2v) is 11.5. The summed E-state index contributed by atoms with van der Waals surface area (Å²) in [4.78, 5) is 56.3. The van der Waals surface area contributed by atoms with E-state index in [1.807, 2.05) is 53.7 Å². The van der Waals surface area contributed by atoms with Crippen LogP contribution < -0.4 is 10.6 Å². The first-order chi connectivity index (χ1) is 21.4. The van der Waals surface area contributed by atoms with E-state index in [-0.39, 0.29) is 36.6 Å². The van der Waals surface area contributed by atoms with Crippen molar-refractivity contribution in [3.8, 4) is 0 Å². The van der Waals surface area contributed by atoms with Gasteiger partial charge < -0.3 is 30.1 Å². The molecule has 0 radical (unpaired) electrons. The number of aromatic amines is 2. The molecule has 0 unspecified atom stereocenters. The van der Waals surface area contributed by atoms with Crippen molar-refractivity contribution < 1.29 is 28.7 Å². The molecule has 0 saturated carbocycles. The van der Waals surface area contributed by atoms with Gasteiger partial charge in [0.25, 0.3) is 11.8 Å². The monoisotopic (exact) mass is 616 g/mol. The highest BCUT2D eigenvalue weighted by atomic mass is 16.5. The first-order valence-corrected chi connectivity index (χ1v) is 15.4. The van der Waals surface area contributed by atoms with E-state index in [1.165, 1.54) is 14.2 Å². The minimum absolute atomic E-state index is 0.0954. The Labute approximate surface area is 264 Å². The van der Waals surface area contributed by atoms with Gasteiger partial charge in [0, 0.05) is 64.6 Å². The number of hydrogen-bond donors (Lipinski definition) is 4. The molecule has 2 aromatic heterocycles. The maximum atomic E-state index is 12.4. The highest BCUT2D eigenvalue weighted by molar-refractivity contribution is 6.01. The average Bonchev–Trinajstić information content (AvgIpc) is 3.67. The smallest absolute Gasteiger partial charge is 0.305 e. The van der Waals surface area contributed by atoms with Gasteiger partial charge in [-0.1, -0.05) is 13.8 Å². The van der Waals surface area contributed by atoms with Gasteiger partial charge in [-0.2, -0.15) is 0 Å². The number of esters is 2. The van der Waals surface area contributed by atoms with Gasteiger partial charge in [-0.05, 0) is 98.9 Å². The third-order valence-electron chi connectivity index (χ3n) is 9.00. The molecule has 0 spiro atoms. The normalized spacial score (nSPS) is 16.7. The van der Waals surface area contributed by atoms with Gasteiger partial charge in [-0.25, -0.2) is 0 Å². The van der Waals surface area contributed by atoms with E-state index in [4.69, 9.17) is 9.47 Å². The van der Waals surface area contributed by atoms with Crippen LogP contribution in [-0.4, -0.2) is 47.9 Å². The molecule has 0 aromatic carbocycles. The van der Waals surface area contributed by atoms with Crippen molar-refractivity contribution in [3.63, 3.8) is 0 Å². The third-order valence-corrected chi connectivity index (χ3v) is 9.00. The number of carbonyl (C=O) groups is 4. The molecule has 2 amide bonds. The lowest BCUT2D eigenvalue weighted by molar-refractivity contribution is -0.141. The Hall–Kier alpha value is -4.60. The molecule has 0 aliphatic carbocycles. The Morgan fingerprint density at radius 2 is 1.04 bits per heavy atom. The van der Waals surface area contributed by atoms with Crippen molar-refractivity contribution in [2.45, 2.75) is 86.5 Å². The van der Waals surface area contributed by atoms with E-state index in [9.17, 15) is 19.2 Å². The number of amides is 2. The van der Waals surface area contributed by atoms with E-state index in [0.717, 1.165) is 80.4 Å². The zero-order chi connectivity index (χ0) is 33.0. The summed E-state index contributed by atoms with van der Waals surface area (Å²) < 4.78 is 9.86. The zero-order valence-corrected chi connectivity index (χ0v) is 27.6. The second kappa shape index (κ2) is 14.0. The predicted octanol–water partition coefficient (Wildman–Crippen LogP) is 5.16. The van der Waals surface area contributed by atoms with Gasteiger partial charge in [0.05, 0.1) is 14.2 Å². The van der Waals surface area contributed by atoms with Gasteiger partial charge >= 0.3 is 11.9 Å². The summed E-state index contributed by atoms with van der Waals surface area (Å²) in [6.07, 6.45) is 7.22. The highest BCUT2D eigenvalue weighted by Gasteiger charge is 2.26. The van der Waals surface area contributed by atoms with Gasteiger partial charge in [-0.15, -0.1) is 0 Å². The first kappa shape index (κ1) is 33.3. The van der Waals surface area contributed by atoms with Crippen LogP contribution >= 0.6 is 0 Å². The molecule has 2 aromatic rings. The van der Waals surface area contributed by atoms with Crippen LogP contribution in [0.2, 0.25) is 0 Å². The Balaban J connectivity index is 1.80. The summed E-state index contributed by atoms with van der Waals surface area (Å²) >= 11 is 0. The highest BCUT2D eigenvalue weighted by Crippen LogP contribution is 2.32. The number of aromatic nitrogens is 2. The van der Waals surface area contributed by atoms with E-state index in [0.29, 0.717) is 30.4 Å². The summed E-state index contributed by atoms with van der Waals surface area (Å²) in [5.74, 6) is -0.786. The van der Waals surface area contributed by atoms with Gasteiger partial charge in [-0.3, -0.25) is 19.2 Å². The molecule has 4 N–H and O–H groups in total. The number of hydrogen-bond acceptors (Lipinski definition) is 6.